The molecular weight excluding hydrogens is 245 g/mol. The lowest BCUT2D eigenvalue weighted by atomic mass is 9.72. The Hall–Kier alpha value is -0.280. The molecular formula is C12H15Cl2NO. The van der Waals surface area contributed by atoms with Gasteiger partial charge in [-0.15, -0.1) is 0 Å². The minimum absolute atomic E-state index is 0.211. The second-order valence-corrected chi connectivity index (χ2v) is 5.03. The number of halogens is 2. The van der Waals surface area contributed by atoms with Crippen LogP contribution >= 0.6 is 23.2 Å². The minimum Gasteiger partial charge on any atom is -0.376 e. The molecule has 1 aromatic rings. The highest BCUT2D eigenvalue weighted by atomic mass is 35.5. The molecule has 1 saturated carbocycles. The van der Waals surface area contributed by atoms with Gasteiger partial charge in [-0.2, -0.15) is 0 Å². The van der Waals surface area contributed by atoms with Crippen molar-refractivity contribution in [1.29, 1.82) is 0 Å². The summed E-state index contributed by atoms with van der Waals surface area (Å²) in [5.74, 6) is 0. The van der Waals surface area contributed by atoms with E-state index in [9.17, 15) is 0 Å². The summed E-state index contributed by atoms with van der Waals surface area (Å²) >= 11 is 12.1. The number of rotatable bonds is 3. The molecule has 1 unspecified atom stereocenters. The average Bonchev–Trinajstić information content (AvgIpc) is 2.21. The summed E-state index contributed by atoms with van der Waals surface area (Å²) in [6.07, 6.45) is 3.11. The Labute approximate surface area is 106 Å². The molecule has 4 heteroatoms. The van der Waals surface area contributed by atoms with Gasteiger partial charge in [0, 0.05) is 7.11 Å². The third-order valence-electron chi connectivity index (χ3n) is 3.49. The molecule has 1 aromatic carbocycles. The van der Waals surface area contributed by atoms with Gasteiger partial charge in [0.05, 0.1) is 21.7 Å². The smallest absolute Gasteiger partial charge is 0.0871 e. The van der Waals surface area contributed by atoms with E-state index in [1.54, 1.807) is 13.2 Å². The number of ether oxygens (including phenoxy) is 1. The van der Waals surface area contributed by atoms with Gasteiger partial charge in [-0.25, -0.2) is 0 Å². The molecule has 1 atom stereocenters. The summed E-state index contributed by atoms with van der Waals surface area (Å²) in [6.45, 7) is 0. The highest BCUT2D eigenvalue weighted by molar-refractivity contribution is 6.42. The molecule has 16 heavy (non-hydrogen) atoms. The van der Waals surface area contributed by atoms with Crippen LogP contribution in [0.5, 0.6) is 0 Å². The second kappa shape index (κ2) is 4.53. The lowest BCUT2D eigenvalue weighted by molar-refractivity contribution is -0.0911. The fourth-order valence-electron chi connectivity index (χ4n) is 2.21. The summed E-state index contributed by atoms with van der Waals surface area (Å²) in [5.41, 5.74) is 6.86. The molecule has 0 spiro atoms. The lowest BCUT2D eigenvalue weighted by Gasteiger charge is -2.45. The minimum atomic E-state index is -0.256. The third kappa shape index (κ3) is 1.84. The van der Waals surface area contributed by atoms with Crippen LogP contribution < -0.4 is 5.73 Å². The summed E-state index contributed by atoms with van der Waals surface area (Å²) < 4.78 is 5.56. The highest BCUT2D eigenvalue weighted by Gasteiger charge is 2.44. The molecule has 0 radical (unpaired) electrons. The summed E-state index contributed by atoms with van der Waals surface area (Å²) in [4.78, 5) is 0. The van der Waals surface area contributed by atoms with Gasteiger partial charge in [0.25, 0.3) is 0 Å². The van der Waals surface area contributed by atoms with E-state index in [1.807, 2.05) is 12.1 Å². The fraction of sp³-hybridized carbons (Fsp3) is 0.500. The number of nitrogens with two attached hydrogens (primary N) is 1. The molecule has 2 N–H and O–H groups in total. The zero-order chi connectivity index (χ0) is 11.8. The van der Waals surface area contributed by atoms with E-state index < -0.39 is 0 Å². The first kappa shape index (κ1) is 12.2. The van der Waals surface area contributed by atoms with Crippen LogP contribution in [-0.4, -0.2) is 12.7 Å². The van der Waals surface area contributed by atoms with Gasteiger partial charge in [-0.1, -0.05) is 35.3 Å². The molecule has 0 amide bonds. The van der Waals surface area contributed by atoms with E-state index in [0.29, 0.717) is 10.0 Å². The van der Waals surface area contributed by atoms with Gasteiger partial charge in [0.2, 0.25) is 0 Å². The zero-order valence-corrected chi connectivity index (χ0v) is 10.7. The highest BCUT2D eigenvalue weighted by Crippen LogP contribution is 2.45. The van der Waals surface area contributed by atoms with Crippen molar-refractivity contribution >= 4 is 23.2 Å². The number of benzene rings is 1. The summed E-state index contributed by atoms with van der Waals surface area (Å²) in [5, 5.41) is 1.08. The van der Waals surface area contributed by atoms with Gasteiger partial charge in [-0.05, 0) is 30.9 Å². The predicted octanol–water partition coefficient (Wildman–Crippen LogP) is 3.56. The van der Waals surface area contributed by atoms with Gasteiger partial charge >= 0.3 is 0 Å². The average molecular weight is 260 g/mol. The molecule has 88 valence electrons. The van der Waals surface area contributed by atoms with E-state index in [-0.39, 0.29) is 11.6 Å². The number of methoxy groups -OCH3 is 1. The molecule has 0 aromatic heterocycles. The Morgan fingerprint density at radius 1 is 1.38 bits per heavy atom. The van der Waals surface area contributed by atoms with Crippen LogP contribution in [0.2, 0.25) is 10.0 Å². The largest absolute Gasteiger partial charge is 0.376 e. The first-order valence-electron chi connectivity index (χ1n) is 5.35. The van der Waals surface area contributed by atoms with Crippen LogP contribution in [-0.2, 0) is 4.74 Å². The van der Waals surface area contributed by atoms with Crippen molar-refractivity contribution in [2.75, 3.05) is 7.11 Å². The molecule has 2 rings (SSSR count). The van der Waals surface area contributed by atoms with Crippen LogP contribution in [0.4, 0.5) is 0 Å². The normalized spacial score (nSPS) is 20.2. The first-order chi connectivity index (χ1) is 7.60. The summed E-state index contributed by atoms with van der Waals surface area (Å²) in [7, 11) is 1.71. The van der Waals surface area contributed by atoms with Crippen LogP contribution in [0.1, 0.15) is 30.9 Å². The Morgan fingerprint density at radius 3 is 2.56 bits per heavy atom. The molecule has 0 bridgehead atoms. The van der Waals surface area contributed by atoms with Crippen molar-refractivity contribution in [1.82, 2.24) is 0 Å². The van der Waals surface area contributed by atoms with Crippen molar-refractivity contribution in [2.45, 2.75) is 30.9 Å². The third-order valence-corrected chi connectivity index (χ3v) is 4.32. The Balaban J connectivity index is 2.33. The molecule has 1 fully saturated rings. The van der Waals surface area contributed by atoms with Gasteiger partial charge in [0.15, 0.2) is 0 Å². The van der Waals surface area contributed by atoms with Crippen LogP contribution in [0, 0.1) is 0 Å². The predicted molar refractivity (Wildman–Crippen MR) is 67.0 cm³/mol. The lowest BCUT2D eigenvalue weighted by Crippen LogP contribution is -2.48. The molecule has 1 aliphatic rings. The molecule has 0 saturated heterocycles. The number of hydrogen-bond donors (Lipinski definition) is 1. The second-order valence-electron chi connectivity index (χ2n) is 4.24. The maximum absolute atomic E-state index is 6.25. The van der Waals surface area contributed by atoms with E-state index in [2.05, 4.69) is 0 Å². The standard InChI is InChI=1S/C12H15Cl2NO/c1-16-12(6-3-7-12)11(15)8-4-2-5-9(13)10(8)14/h2,4-5,11H,3,6-7,15H2,1H3. The van der Waals surface area contributed by atoms with Crippen LogP contribution in [0.3, 0.4) is 0 Å². The SMILES string of the molecule is COC1(C(N)c2cccc(Cl)c2Cl)CCC1. The Morgan fingerprint density at radius 2 is 2.06 bits per heavy atom. The monoisotopic (exact) mass is 259 g/mol. The Bertz CT molecular complexity index is 385. The van der Waals surface area contributed by atoms with Crippen molar-refractivity contribution < 1.29 is 4.74 Å². The quantitative estimate of drug-likeness (QED) is 0.901. The van der Waals surface area contributed by atoms with Crippen LogP contribution in [0.25, 0.3) is 0 Å². The van der Waals surface area contributed by atoms with Crippen molar-refractivity contribution in [3.8, 4) is 0 Å². The maximum atomic E-state index is 6.25. The van der Waals surface area contributed by atoms with E-state index in [0.717, 1.165) is 24.8 Å². The zero-order valence-electron chi connectivity index (χ0n) is 9.17. The van der Waals surface area contributed by atoms with Gasteiger partial charge < -0.3 is 10.5 Å². The fourth-order valence-corrected chi connectivity index (χ4v) is 2.64. The van der Waals surface area contributed by atoms with Crippen molar-refractivity contribution in [3.63, 3.8) is 0 Å². The number of hydrogen-bond acceptors (Lipinski definition) is 2. The maximum Gasteiger partial charge on any atom is 0.0871 e. The topological polar surface area (TPSA) is 35.2 Å². The van der Waals surface area contributed by atoms with E-state index >= 15 is 0 Å². The molecule has 0 heterocycles. The summed E-state index contributed by atoms with van der Waals surface area (Å²) in [6, 6.07) is 5.33. The molecule has 1 aliphatic carbocycles. The van der Waals surface area contributed by atoms with Gasteiger partial charge in [-0.3, -0.25) is 0 Å². The molecule has 0 aliphatic heterocycles. The van der Waals surface area contributed by atoms with Crippen molar-refractivity contribution in [3.05, 3.63) is 33.8 Å². The van der Waals surface area contributed by atoms with Gasteiger partial charge in [0.1, 0.15) is 0 Å². The van der Waals surface area contributed by atoms with E-state index in [4.69, 9.17) is 33.7 Å². The Kier molecular flexibility index (Phi) is 3.45. The van der Waals surface area contributed by atoms with E-state index in [1.165, 1.54) is 0 Å². The molecule has 2 nitrogen and oxygen atoms in total. The first-order valence-corrected chi connectivity index (χ1v) is 6.11. The van der Waals surface area contributed by atoms with Crippen molar-refractivity contribution in [2.24, 2.45) is 5.73 Å². The van der Waals surface area contributed by atoms with Crippen LogP contribution in [0.15, 0.2) is 18.2 Å².